The van der Waals surface area contributed by atoms with E-state index in [-0.39, 0.29) is 10.7 Å². The Kier molecular flexibility index (Phi) is 4.12. The van der Waals surface area contributed by atoms with E-state index in [9.17, 15) is 13.2 Å². The van der Waals surface area contributed by atoms with Crippen LogP contribution in [0, 0.1) is 0 Å². The van der Waals surface area contributed by atoms with Gasteiger partial charge in [0.1, 0.15) is 0 Å². The van der Waals surface area contributed by atoms with Gasteiger partial charge in [0.2, 0.25) is 10.0 Å². The van der Waals surface area contributed by atoms with Gasteiger partial charge in [0.15, 0.2) is 5.78 Å². The predicted octanol–water partition coefficient (Wildman–Crippen LogP) is 2.23. The van der Waals surface area contributed by atoms with Crippen molar-refractivity contribution in [3.05, 3.63) is 71.8 Å². The molecule has 0 heterocycles. The summed E-state index contributed by atoms with van der Waals surface area (Å²) in [5.74, 6) is -0.147. The van der Waals surface area contributed by atoms with Crippen molar-refractivity contribution in [2.45, 2.75) is 4.90 Å². The first-order chi connectivity index (χ1) is 9.47. The van der Waals surface area contributed by atoms with E-state index < -0.39 is 10.0 Å². The molecule has 0 saturated heterocycles. The Morgan fingerprint density at radius 1 is 1.00 bits per heavy atom. The first kappa shape index (κ1) is 14.2. The molecule has 2 aromatic rings. The van der Waals surface area contributed by atoms with Gasteiger partial charge in [-0.25, -0.2) is 13.6 Å². The number of carbonyl (C=O) groups is 1. The molecule has 5 heteroatoms. The van der Waals surface area contributed by atoms with Gasteiger partial charge in [-0.05, 0) is 23.8 Å². The molecule has 20 heavy (non-hydrogen) atoms. The zero-order valence-corrected chi connectivity index (χ0v) is 11.4. The third kappa shape index (κ3) is 3.63. The Balaban J connectivity index is 2.22. The molecule has 2 aromatic carbocycles. The molecule has 4 nitrogen and oxygen atoms in total. The van der Waals surface area contributed by atoms with E-state index in [1.54, 1.807) is 42.5 Å². The first-order valence-corrected chi connectivity index (χ1v) is 7.42. The van der Waals surface area contributed by atoms with E-state index >= 15 is 0 Å². The van der Waals surface area contributed by atoms with Crippen molar-refractivity contribution in [1.82, 2.24) is 0 Å². The van der Waals surface area contributed by atoms with Crippen LogP contribution in [0.2, 0.25) is 0 Å². The van der Waals surface area contributed by atoms with Crippen LogP contribution in [-0.2, 0) is 10.0 Å². The van der Waals surface area contributed by atoms with Crippen LogP contribution in [-0.4, -0.2) is 14.2 Å². The summed E-state index contributed by atoms with van der Waals surface area (Å²) in [4.78, 5) is 11.9. The zero-order valence-electron chi connectivity index (χ0n) is 10.6. The quantitative estimate of drug-likeness (QED) is 0.692. The normalized spacial score (nSPS) is 11.7. The number of nitrogens with two attached hydrogens (primary N) is 1. The van der Waals surface area contributed by atoms with Crippen molar-refractivity contribution < 1.29 is 13.2 Å². The van der Waals surface area contributed by atoms with E-state index in [1.807, 2.05) is 6.07 Å². The fourth-order valence-electron chi connectivity index (χ4n) is 1.67. The molecule has 0 aromatic heterocycles. The monoisotopic (exact) mass is 287 g/mol. The van der Waals surface area contributed by atoms with Crippen LogP contribution < -0.4 is 5.14 Å². The highest BCUT2D eigenvalue weighted by Gasteiger charge is 2.07. The molecule has 0 aliphatic heterocycles. The maximum atomic E-state index is 11.9. The van der Waals surface area contributed by atoms with Gasteiger partial charge in [-0.15, -0.1) is 0 Å². The number of hydrogen-bond donors (Lipinski definition) is 1. The molecule has 0 fully saturated rings. The number of ketones is 1. The average Bonchev–Trinajstić information content (AvgIpc) is 2.45. The molecular weight excluding hydrogens is 274 g/mol. The molecule has 0 aliphatic rings. The van der Waals surface area contributed by atoms with Crippen molar-refractivity contribution in [2.24, 2.45) is 5.14 Å². The molecule has 0 radical (unpaired) electrons. The van der Waals surface area contributed by atoms with Crippen LogP contribution in [0.3, 0.4) is 0 Å². The van der Waals surface area contributed by atoms with E-state index in [0.717, 1.165) is 0 Å². The van der Waals surface area contributed by atoms with Gasteiger partial charge < -0.3 is 0 Å². The fourth-order valence-corrected chi connectivity index (χ4v) is 2.23. The number of carbonyl (C=O) groups excluding carboxylic acids is 1. The zero-order chi connectivity index (χ0) is 14.6. The van der Waals surface area contributed by atoms with Crippen LogP contribution >= 0.6 is 0 Å². The standard InChI is InChI=1S/C15H13NO3S/c16-20(18,19)14-8-4-5-12(11-14)9-10-15(17)13-6-2-1-3-7-13/h1-11H,(H2,16,18,19)/b10-9+. The molecule has 0 aliphatic carbocycles. The topological polar surface area (TPSA) is 77.2 Å². The predicted molar refractivity (Wildman–Crippen MR) is 77.6 cm³/mol. The van der Waals surface area contributed by atoms with Crippen LogP contribution in [0.25, 0.3) is 6.08 Å². The first-order valence-electron chi connectivity index (χ1n) is 5.87. The van der Waals surface area contributed by atoms with Crippen LogP contribution in [0.1, 0.15) is 15.9 Å². The minimum Gasteiger partial charge on any atom is -0.289 e. The third-order valence-corrected chi connectivity index (χ3v) is 3.58. The van der Waals surface area contributed by atoms with Gasteiger partial charge in [0.25, 0.3) is 0 Å². The lowest BCUT2D eigenvalue weighted by Crippen LogP contribution is -2.11. The van der Waals surface area contributed by atoms with Gasteiger partial charge in [0.05, 0.1) is 4.90 Å². The van der Waals surface area contributed by atoms with Gasteiger partial charge >= 0.3 is 0 Å². The summed E-state index contributed by atoms with van der Waals surface area (Å²) >= 11 is 0. The third-order valence-electron chi connectivity index (χ3n) is 2.67. The summed E-state index contributed by atoms with van der Waals surface area (Å²) in [5, 5.41) is 5.05. The van der Waals surface area contributed by atoms with Crippen LogP contribution in [0.15, 0.2) is 65.6 Å². The van der Waals surface area contributed by atoms with Crippen molar-refractivity contribution in [3.63, 3.8) is 0 Å². The molecule has 102 valence electrons. The van der Waals surface area contributed by atoms with E-state index in [1.165, 1.54) is 18.2 Å². The highest BCUT2D eigenvalue weighted by atomic mass is 32.2. The minimum absolute atomic E-state index is 0.0202. The lowest BCUT2D eigenvalue weighted by molar-refractivity contribution is 0.104. The number of sulfonamides is 1. The summed E-state index contributed by atoms with van der Waals surface area (Å²) in [6.07, 6.45) is 2.96. The summed E-state index contributed by atoms with van der Waals surface area (Å²) in [7, 11) is -3.73. The minimum atomic E-state index is -3.73. The lowest BCUT2D eigenvalue weighted by Gasteiger charge is -1.99. The van der Waals surface area contributed by atoms with E-state index in [0.29, 0.717) is 11.1 Å². The van der Waals surface area contributed by atoms with Gasteiger partial charge in [-0.1, -0.05) is 48.5 Å². The van der Waals surface area contributed by atoms with Crippen LogP contribution in [0.5, 0.6) is 0 Å². The molecule has 0 unspecified atom stereocenters. The maximum Gasteiger partial charge on any atom is 0.238 e. The Hall–Kier alpha value is -2.24. The van der Waals surface area contributed by atoms with Gasteiger partial charge in [-0.3, -0.25) is 4.79 Å². The summed E-state index contributed by atoms with van der Waals surface area (Å²) in [6, 6.07) is 14.9. The number of primary sulfonamides is 1. The molecular formula is C15H13NO3S. The number of hydrogen-bond acceptors (Lipinski definition) is 3. The van der Waals surface area contributed by atoms with Crippen molar-refractivity contribution in [3.8, 4) is 0 Å². The largest absolute Gasteiger partial charge is 0.289 e. The Labute approximate surface area is 117 Å². The van der Waals surface area contributed by atoms with E-state index in [4.69, 9.17) is 5.14 Å². The SMILES string of the molecule is NS(=O)(=O)c1cccc(/C=C/C(=O)c2ccccc2)c1. The number of rotatable bonds is 4. The number of allylic oxidation sites excluding steroid dienone is 1. The van der Waals surface area contributed by atoms with E-state index in [2.05, 4.69) is 0 Å². The van der Waals surface area contributed by atoms with Crippen molar-refractivity contribution in [1.29, 1.82) is 0 Å². The second-order valence-corrected chi connectivity index (χ2v) is 5.74. The Morgan fingerprint density at radius 3 is 2.35 bits per heavy atom. The van der Waals surface area contributed by atoms with Crippen molar-refractivity contribution >= 4 is 21.9 Å². The molecule has 0 amide bonds. The Bertz CT molecular complexity index is 750. The molecule has 2 N–H and O–H groups in total. The average molecular weight is 287 g/mol. The number of benzene rings is 2. The highest BCUT2D eigenvalue weighted by Crippen LogP contribution is 2.12. The second-order valence-electron chi connectivity index (χ2n) is 4.18. The maximum absolute atomic E-state index is 11.9. The fraction of sp³-hybridized carbons (Fsp3) is 0. The second kappa shape index (κ2) is 5.81. The molecule has 0 spiro atoms. The summed E-state index contributed by atoms with van der Waals surface area (Å²) in [6.45, 7) is 0. The summed E-state index contributed by atoms with van der Waals surface area (Å²) in [5.41, 5.74) is 1.17. The van der Waals surface area contributed by atoms with Gasteiger partial charge in [0, 0.05) is 5.56 Å². The Morgan fingerprint density at radius 2 is 1.70 bits per heavy atom. The summed E-state index contributed by atoms with van der Waals surface area (Å²) < 4.78 is 22.5. The molecule has 0 bridgehead atoms. The van der Waals surface area contributed by atoms with Crippen LogP contribution in [0.4, 0.5) is 0 Å². The van der Waals surface area contributed by atoms with Crippen molar-refractivity contribution in [2.75, 3.05) is 0 Å². The highest BCUT2D eigenvalue weighted by molar-refractivity contribution is 7.89. The van der Waals surface area contributed by atoms with Gasteiger partial charge in [-0.2, -0.15) is 0 Å². The molecule has 0 saturated carbocycles. The smallest absolute Gasteiger partial charge is 0.238 e. The molecule has 0 atom stereocenters. The molecule has 2 rings (SSSR count). The lowest BCUT2D eigenvalue weighted by atomic mass is 10.1.